The van der Waals surface area contributed by atoms with Crippen molar-refractivity contribution in [1.82, 2.24) is 9.38 Å². The van der Waals surface area contributed by atoms with Crippen LogP contribution in [-0.4, -0.2) is 22.5 Å². The highest BCUT2D eigenvalue weighted by Gasteiger charge is 2.10. The van der Waals surface area contributed by atoms with Gasteiger partial charge < -0.3 is 13.6 Å². The zero-order valence-electron chi connectivity index (χ0n) is 10.6. The highest BCUT2D eigenvalue weighted by molar-refractivity contribution is 5.89. The summed E-state index contributed by atoms with van der Waals surface area (Å²) in [5, 5.41) is 0. The van der Waals surface area contributed by atoms with Crippen LogP contribution in [0.15, 0.2) is 41.1 Å². The van der Waals surface area contributed by atoms with Gasteiger partial charge in [0.1, 0.15) is 17.1 Å². The van der Waals surface area contributed by atoms with E-state index in [-0.39, 0.29) is 5.97 Å². The van der Waals surface area contributed by atoms with Crippen LogP contribution < -0.4 is 0 Å². The summed E-state index contributed by atoms with van der Waals surface area (Å²) in [5.41, 5.74) is 1.96. The number of ether oxygens (including phenoxy) is 1. The third-order valence-electron chi connectivity index (χ3n) is 2.86. The molecule has 0 aliphatic rings. The van der Waals surface area contributed by atoms with E-state index in [2.05, 4.69) is 9.72 Å². The Morgan fingerprint density at radius 2 is 2.11 bits per heavy atom. The Kier molecular flexibility index (Phi) is 2.59. The first-order valence-corrected chi connectivity index (χ1v) is 5.81. The van der Waals surface area contributed by atoms with Crippen molar-refractivity contribution in [3.8, 4) is 11.5 Å². The molecule has 0 saturated carbocycles. The number of methoxy groups -OCH3 is 1. The molecule has 19 heavy (non-hydrogen) atoms. The van der Waals surface area contributed by atoms with Crippen LogP contribution in [0, 0.1) is 6.92 Å². The van der Waals surface area contributed by atoms with E-state index in [1.165, 1.54) is 7.11 Å². The number of fused-ring (bicyclic) bond motifs is 1. The molecule has 0 unspecified atom stereocenters. The number of furan rings is 1. The van der Waals surface area contributed by atoms with Gasteiger partial charge in [0.2, 0.25) is 0 Å². The first-order valence-electron chi connectivity index (χ1n) is 5.81. The molecule has 0 amide bonds. The zero-order chi connectivity index (χ0) is 13.4. The fourth-order valence-electron chi connectivity index (χ4n) is 1.92. The SMILES string of the molecule is COC(=O)c1ccc2nc(-c3ccc(C)o3)cn2c1. The van der Waals surface area contributed by atoms with Gasteiger partial charge in [0.15, 0.2) is 5.76 Å². The molecular formula is C14H12N2O3. The number of esters is 1. The molecule has 3 rings (SSSR count). The Morgan fingerprint density at radius 3 is 2.79 bits per heavy atom. The number of carbonyl (C=O) groups is 1. The topological polar surface area (TPSA) is 56.7 Å². The average molecular weight is 256 g/mol. The third-order valence-corrected chi connectivity index (χ3v) is 2.86. The van der Waals surface area contributed by atoms with E-state index in [4.69, 9.17) is 4.42 Å². The van der Waals surface area contributed by atoms with Crippen LogP contribution in [0.3, 0.4) is 0 Å². The summed E-state index contributed by atoms with van der Waals surface area (Å²) in [6.45, 7) is 1.88. The predicted octanol–water partition coefficient (Wildman–Crippen LogP) is 2.69. The highest BCUT2D eigenvalue weighted by atomic mass is 16.5. The molecule has 0 bridgehead atoms. The molecule has 5 heteroatoms. The van der Waals surface area contributed by atoms with Gasteiger partial charge in [0.25, 0.3) is 0 Å². The minimum atomic E-state index is -0.369. The van der Waals surface area contributed by atoms with Gasteiger partial charge in [0.05, 0.1) is 12.7 Å². The van der Waals surface area contributed by atoms with Crippen LogP contribution in [0.1, 0.15) is 16.1 Å². The summed E-state index contributed by atoms with van der Waals surface area (Å²) in [7, 11) is 1.36. The monoisotopic (exact) mass is 256 g/mol. The third kappa shape index (κ3) is 1.99. The number of aromatic nitrogens is 2. The zero-order valence-corrected chi connectivity index (χ0v) is 10.6. The summed E-state index contributed by atoms with van der Waals surface area (Å²) in [6, 6.07) is 7.22. The lowest BCUT2D eigenvalue weighted by Gasteiger charge is -1.99. The quantitative estimate of drug-likeness (QED) is 0.661. The molecule has 0 atom stereocenters. The van der Waals surface area contributed by atoms with Crippen LogP contribution in [0.25, 0.3) is 17.1 Å². The number of aryl methyl sites for hydroxylation is 1. The second kappa shape index (κ2) is 4.28. The molecule has 0 fully saturated rings. The minimum absolute atomic E-state index is 0.369. The lowest BCUT2D eigenvalue weighted by Crippen LogP contribution is -2.02. The van der Waals surface area contributed by atoms with Crippen molar-refractivity contribution in [2.24, 2.45) is 0 Å². The van der Waals surface area contributed by atoms with Crippen LogP contribution in [0.2, 0.25) is 0 Å². The largest absolute Gasteiger partial charge is 0.465 e. The molecule has 3 aromatic heterocycles. The average Bonchev–Trinajstić information content (AvgIpc) is 3.02. The normalized spacial score (nSPS) is 10.8. The van der Waals surface area contributed by atoms with Crippen LogP contribution in [0.4, 0.5) is 0 Å². The highest BCUT2D eigenvalue weighted by Crippen LogP contribution is 2.21. The molecule has 5 nitrogen and oxygen atoms in total. The fourth-order valence-corrected chi connectivity index (χ4v) is 1.92. The molecule has 3 aromatic rings. The maximum absolute atomic E-state index is 11.5. The summed E-state index contributed by atoms with van der Waals surface area (Å²) in [4.78, 5) is 15.9. The van der Waals surface area contributed by atoms with Gasteiger partial charge >= 0.3 is 5.97 Å². The maximum Gasteiger partial charge on any atom is 0.339 e. The van der Waals surface area contributed by atoms with Crippen molar-refractivity contribution in [3.05, 3.63) is 48.0 Å². The predicted molar refractivity (Wildman–Crippen MR) is 69.0 cm³/mol. The second-order valence-electron chi connectivity index (χ2n) is 4.21. The molecule has 0 saturated heterocycles. The number of hydrogen-bond donors (Lipinski definition) is 0. The lowest BCUT2D eigenvalue weighted by atomic mass is 10.3. The number of pyridine rings is 1. The van der Waals surface area contributed by atoms with Gasteiger partial charge in [-0.05, 0) is 31.2 Å². The fraction of sp³-hybridized carbons (Fsp3) is 0.143. The van der Waals surface area contributed by atoms with Gasteiger partial charge in [-0.3, -0.25) is 0 Å². The van der Waals surface area contributed by atoms with Gasteiger partial charge in [-0.1, -0.05) is 0 Å². The minimum Gasteiger partial charge on any atom is -0.465 e. The van der Waals surface area contributed by atoms with E-state index in [0.717, 1.165) is 17.1 Å². The van der Waals surface area contributed by atoms with Crippen LogP contribution >= 0.6 is 0 Å². The van der Waals surface area contributed by atoms with Gasteiger partial charge in [-0.15, -0.1) is 0 Å². The van der Waals surface area contributed by atoms with E-state index in [1.807, 2.05) is 25.3 Å². The molecule has 0 radical (unpaired) electrons. The molecular weight excluding hydrogens is 244 g/mol. The van der Waals surface area contributed by atoms with Gasteiger partial charge in [-0.25, -0.2) is 9.78 Å². The van der Waals surface area contributed by atoms with Crippen molar-refractivity contribution >= 4 is 11.6 Å². The van der Waals surface area contributed by atoms with E-state index >= 15 is 0 Å². The summed E-state index contributed by atoms with van der Waals surface area (Å²) in [5.74, 6) is 1.18. The lowest BCUT2D eigenvalue weighted by molar-refractivity contribution is 0.0600. The number of carbonyl (C=O) groups excluding carboxylic acids is 1. The summed E-state index contributed by atoms with van der Waals surface area (Å²) in [6.07, 6.45) is 3.51. The Balaban J connectivity index is 2.08. The Labute approximate surface area is 109 Å². The van der Waals surface area contributed by atoms with Crippen LogP contribution in [0.5, 0.6) is 0 Å². The standard InChI is InChI=1S/C14H12N2O3/c1-9-3-5-12(19-9)11-8-16-7-10(14(17)18-2)4-6-13(16)15-11/h3-8H,1-2H3. The Hall–Kier alpha value is -2.56. The molecule has 0 spiro atoms. The first kappa shape index (κ1) is 11.5. The maximum atomic E-state index is 11.5. The number of hydrogen-bond acceptors (Lipinski definition) is 4. The van der Waals surface area contributed by atoms with Crippen molar-refractivity contribution in [2.45, 2.75) is 6.92 Å². The van der Waals surface area contributed by atoms with Gasteiger partial charge in [-0.2, -0.15) is 0 Å². The number of imidazole rings is 1. The van der Waals surface area contributed by atoms with Crippen molar-refractivity contribution < 1.29 is 13.9 Å². The van der Waals surface area contributed by atoms with Crippen molar-refractivity contribution in [2.75, 3.05) is 7.11 Å². The molecule has 0 aliphatic heterocycles. The van der Waals surface area contributed by atoms with E-state index in [9.17, 15) is 4.79 Å². The number of rotatable bonds is 2. The first-order chi connectivity index (χ1) is 9.17. The smallest absolute Gasteiger partial charge is 0.339 e. The summed E-state index contributed by atoms with van der Waals surface area (Å²) < 4.78 is 12.0. The molecule has 0 N–H and O–H groups in total. The molecule has 0 aliphatic carbocycles. The number of nitrogens with zero attached hydrogens (tertiary/aromatic N) is 2. The Bertz CT molecular complexity index is 755. The van der Waals surface area contributed by atoms with Crippen molar-refractivity contribution in [1.29, 1.82) is 0 Å². The van der Waals surface area contributed by atoms with E-state index in [1.54, 1.807) is 22.7 Å². The second-order valence-corrected chi connectivity index (χ2v) is 4.21. The van der Waals surface area contributed by atoms with Crippen molar-refractivity contribution in [3.63, 3.8) is 0 Å². The van der Waals surface area contributed by atoms with E-state index in [0.29, 0.717) is 11.3 Å². The molecule has 96 valence electrons. The molecule has 3 heterocycles. The summed E-state index contributed by atoms with van der Waals surface area (Å²) >= 11 is 0. The van der Waals surface area contributed by atoms with Gasteiger partial charge in [0, 0.05) is 12.4 Å². The van der Waals surface area contributed by atoms with Crippen LogP contribution in [-0.2, 0) is 4.74 Å². The molecule has 0 aromatic carbocycles. The van der Waals surface area contributed by atoms with E-state index < -0.39 is 0 Å². The Morgan fingerprint density at radius 1 is 1.26 bits per heavy atom.